The van der Waals surface area contributed by atoms with Gasteiger partial charge in [-0.3, -0.25) is 4.79 Å². The highest BCUT2D eigenvalue weighted by Crippen LogP contribution is 2.29. The third kappa shape index (κ3) is 2.23. The molecule has 0 N–H and O–H groups in total. The van der Waals surface area contributed by atoms with Crippen LogP contribution in [0.25, 0.3) is 0 Å². The van der Waals surface area contributed by atoms with Crippen molar-refractivity contribution in [2.24, 2.45) is 0 Å². The summed E-state index contributed by atoms with van der Waals surface area (Å²) in [6.07, 6.45) is 2.00. The highest BCUT2D eigenvalue weighted by Gasteiger charge is 2.23. The van der Waals surface area contributed by atoms with E-state index in [2.05, 4.69) is 15.9 Å². The van der Waals surface area contributed by atoms with E-state index in [0.29, 0.717) is 4.47 Å². The van der Waals surface area contributed by atoms with Crippen molar-refractivity contribution in [2.75, 3.05) is 13.1 Å². The van der Waals surface area contributed by atoms with E-state index in [9.17, 15) is 9.18 Å². The number of hydrogen-bond donors (Lipinski definition) is 0. The summed E-state index contributed by atoms with van der Waals surface area (Å²) in [7, 11) is 0. The molecule has 1 aromatic carbocycles. The third-order valence-corrected chi connectivity index (χ3v) is 3.88. The number of hydrogen-bond acceptors (Lipinski definition) is 1. The molecule has 2 nitrogen and oxygen atoms in total. The number of carbonyl (C=O) groups is 1. The van der Waals surface area contributed by atoms with Crippen molar-refractivity contribution >= 4 is 33.4 Å². The highest BCUT2D eigenvalue weighted by atomic mass is 79.9. The average molecular weight is 307 g/mol. The van der Waals surface area contributed by atoms with Gasteiger partial charge in [-0.15, -0.1) is 0 Å². The Morgan fingerprint density at radius 1 is 1.38 bits per heavy atom. The number of likely N-dealkylation sites (tertiary alicyclic amines) is 1. The normalized spacial score (nSPS) is 15.6. The maximum atomic E-state index is 13.2. The summed E-state index contributed by atoms with van der Waals surface area (Å²) in [6.45, 7) is 1.45. The Balaban J connectivity index is 2.35. The van der Waals surface area contributed by atoms with Crippen LogP contribution in [-0.4, -0.2) is 23.9 Å². The summed E-state index contributed by atoms with van der Waals surface area (Å²) >= 11 is 9.11. The lowest BCUT2D eigenvalue weighted by Gasteiger charge is -2.16. The van der Waals surface area contributed by atoms with Crippen LogP contribution >= 0.6 is 27.5 Å². The predicted octanol–water partition coefficient (Wildman–Crippen LogP) is 3.48. The van der Waals surface area contributed by atoms with Gasteiger partial charge in [-0.1, -0.05) is 11.6 Å². The first-order chi connectivity index (χ1) is 7.59. The van der Waals surface area contributed by atoms with Crippen LogP contribution in [0, 0.1) is 5.82 Å². The number of benzene rings is 1. The molecule has 5 heteroatoms. The van der Waals surface area contributed by atoms with Crippen LogP contribution in [0.3, 0.4) is 0 Å². The number of halogens is 3. The molecule has 0 unspecified atom stereocenters. The third-order valence-electron chi connectivity index (χ3n) is 2.62. The fourth-order valence-electron chi connectivity index (χ4n) is 1.80. The van der Waals surface area contributed by atoms with E-state index in [-0.39, 0.29) is 16.5 Å². The van der Waals surface area contributed by atoms with Crippen LogP contribution in [-0.2, 0) is 0 Å². The van der Waals surface area contributed by atoms with E-state index in [1.807, 2.05) is 0 Å². The molecule has 0 atom stereocenters. The van der Waals surface area contributed by atoms with Crippen molar-refractivity contribution < 1.29 is 9.18 Å². The van der Waals surface area contributed by atoms with E-state index in [4.69, 9.17) is 11.6 Å². The standard InChI is InChI=1S/C11H10BrClFNO/c12-9-6-7(14)5-8(10(9)13)11(16)15-3-1-2-4-15/h5-6H,1-4H2. The molecule has 0 aliphatic carbocycles. The molecule has 1 saturated heterocycles. The van der Waals surface area contributed by atoms with Crippen LogP contribution in [0.1, 0.15) is 23.2 Å². The van der Waals surface area contributed by atoms with Gasteiger partial charge in [0.2, 0.25) is 0 Å². The minimum absolute atomic E-state index is 0.192. The zero-order valence-electron chi connectivity index (χ0n) is 8.47. The van der Waals surface area contributed by atoms with Gasteiger partial charge in [-0.2, -0.15) is 0 Å². The van der Waals surface area contributed by atoms with Crippen molar-refractivity contribution in [1.29, 1.82) is 0 Å². The molecule has 0 spiro atoms. The Bertz CT molecular complexity index is 432. The van der Waals surface area contributed by atoms with Gasteiger partial charge in [0.1, 0.15) is 5.82 Å². The van der Waals surface area contributed by atoms with Gasteiger partial charge in [0, 0.05) is 17.6 Å². The molecule has 0 radical (unpaired) electrons. The molecular formula is C11H10BrClFNO. The molecule has 1 aliphatic rings. The van der Waals surface area contributed by atoms with Gasteiger partial charge in [-0.25, -0.2) is 4.39 Å². The number of amides is 1. The predicted molar refractivity (Wildman–Crippen MR) is 64.2 cm³/mol. The lowest BCUT2D eigenvalue weighted by Crippen LogP contribution is -2.28. The van der Waals surface area contributed by atoms with Gasteiger partial charge >= 0.3 is 0 Å². The second-order valence-corrected chi connectivity index (χ2v) is 4.98. The Kier molecular flexibility index (Phi) is 3.50. The van der Waals surface area contributed by atoms with Gasteiger partial charge in [0.15, 0.2) is 0 Å². The maximum Gasteiger partial charge on any atom is 0.255 e. The summed E-state index contributed by atoms with van der Waals surface area (Å²) in [5.74, 6) is -0.651. The molecular weight excluding hydrogens is 296 g/mol. The topological polar surface area (TPSA) is 20.3 Å². The molecule has 1 aromatic rings. The minimum Gasteiger partial charge on any atom is -0.339 e. The average Bonchev–Trinajstić information content (AvgIpc) is 2.75. The Hall–Kier alpha value is -0.610. The molecule has 86 valence electrons. The summed E-state index contributed by atoms with van der Waals surface area (Å²) < 4.78 is 13.6. The largest absolute Gasteiger partial charge is 0.339 e. The summed E-state index contributed by atoms with van der Waals surface area (Å²) in [4.78, 5) is 13.7. The Morgan fingerprint density at radius 2 is 2.00 bits per heavy atom. The number of nitrogens with zero attached hydrogens (tertiary/aromatic N) is 1. The molecule has 1 heterocycles. The van der Waals surface area contributed by atoms with Gasteiger partial charge < -0.3 is 4.90 Å². The fourth-order valence-corrected chi connectivity index (χ4v) is 2.42. The summed E-state index contributed by atoms with van der Waals surface area (Å²) in [6, 6.07) is 2.44. The van der Waals surface area contributed by atoms with Crippen molar-refractivity contribution in [3.8, 4) is 0 Å². The van der Waals surface area contributed by atoms with Crippen molar-refractivity contribution in [2.45, 2.75) is 12.8 Å². The second kappa shape index (κ2) is 4.72. The monoisotopic (exact) mass is 305 g/mol. The second-order valence-electron chi connectivity index (χ2n) is 3.75. The smallest absolute Gasteiger partial charge is 0.255 e. The summed E-state index contributed by atoms with van der Waals surface area (Å²) in [5.41, 5.74) is 0.232. The molecule has 1 aliphatic heterocycles. The zero-order valence-corrected chi connectivity index (χ0v) is 10.8. The van der Waals surface area contributed by atoms with E-state index in [0.717, 1.165) is 25.9 Å². The highest BCUT2D eigenvalue weighted by molar-refractivity contribution is 9.10. The van der Waals surface area contributed by atoms with E-state index >= 15 is 0 Å². The molecule has 2 rings (SSSR count). The Morgan fingerprint density at radius 3 is 2.62 bits per heavy atom. The Labute approximate surface area is 107 Å². The number of carbonyl (C=O) groups excluding carboxylic acids is 1. The van der Waals surface area contributed by atoms with Crippen molar-refractivity contribution in [3.63, 3.8) is 0 Å². The first kappa shape index (κ1) is 11.9. The van der Waals surface area contributed by atoms with E-state index in [1.165, 1.54) is 12.1 Å². The molecule has 0 aromatic heterocycles. The SMILES string of the molecule is O=C(c1cc(F)cc(Br)c1Cl)N1CCCC1. The van der Waals surface area contributed by atoms with Crippen LogP contribution in [0.4, 0.5) is 4.39 Å². The van der Waals surface area contributed by atoms with Crippen LogP contribution in [0.15, 0.2) is 16.6 Å². The fraction of sp³-hybridized carbons (Fsp3) is 0.364. The van der Waals surface area contributed by atoms with Gasteiger partial charge in [0.25, 0.3) is 5.91 Å². The van der Waals surface area contributed by atoms with Crippen LogP contribution in [0.5, 0.6) is 0 Å². The molecule has 16 heavy (non-hydrogen) atoms. The van der Waals surface area contributed by atoms with Crippen LogP contribution < -0.4 is 0 Å². The van der Waals surface area contributed by atoms with E-state index in [1.54, 1.807) is 4.90 Å². The van der Waals surface area contributed by atoms with Gasteiger partial charge in [-0.05, 0) is 40.9 Å². The molecule has 0 bridgehead atoms. The van der Waals surface area contributed by atoms with Crippen LogP contribution in [0.2, 0.25) is 5.02 Å². The van der Waals surface area contributed by atoms with Gasteiger partial charge in [0.05, 0.1) is 10.6 Å². The van der Waals surface area contributed by atoms with Crippen molar-refractivity contribution in [3.05, 3.63) is 33.0 Å². The summed E-state index contributed by atoms with van der Waals surface area (Å²) in [5, 5.41) is 0.276. The first-order valence-electron chi connectivity index (χ1n) is 5.03. The minimum atomic E-state index is -0.459. The molecule has 1 amide bonds. The quantitative estimate of drug-likeness (QED) is 0.728. The lowest BCUT2D eigenvalue weighted by molar-refractivity contribution is 0.0792. The zero-order chi connectivity index (χ0) is 11.7. The first-order valence-corrected chi connectivity index (χ1v) is 6.20. The molecule has 1 fully saturated rings. The van der Waals surface area contributed by atoms with E-state index < -0.39 is 5.82 Å². The molecule has 0 saturated carbocycles. The number of rotatable bonds is 1. The maximum absolute atomic E-state index is 13.2. The lowest BCUT2D eigenvalue weighted by atomic mass is 10.2. The van der Waals surface area contributed by atoms with Crippen molar-refractivity contribution in [1.82, 2.24) is 4.90 Å².